The lowest BCUT2D eigenvalue weighted by Gasteiger charge is -2.09. The molecule has 0 saturated carbocycles. The maximum absolute atomic E-state index is 12.1. The second-order valence-corrected chi connectivity index (χ2v) is 5.62. The minimum absolute atomic E-state index is 0.254. The van der Waals surface area contributed by atoms with E-state index in [1.807, 2.05) is 24.3 Å². The molecule has 0 aliphatic heterocycles. The third-order valence-corrected chi connectivity index (χ3v) is 3.84. The zero-order valence-corrected chi connectivity index (χ0v) is 15.2. The summed E-state index contributed by atoms with van der Waals surface area (Å²) < 4.78 is 15.3. The fourth-order valence-corrected chi connectivity index (χ4v) is 2.28. The molecule has 2 aromatic rings. The zero-order chi connectivity index (χ0) is 18.9. The van der Waals surface area contributed by atoms with Crippen LogP contribution in [0, 0.1) is 0 Å². The first kappa shape index (κ1) is 19.3. The third kappa shape index (κ3) is 5.51. The number of aryl methyl sites for hydroxylation is 1. The predicted molar refractivity (Wildman–Crippen MR) is 97.5 cm³/mol. The van der Waals surface area contributed by atoms with E-state index < -0.39 is 5.97 Å². The van der Waals surface area contributed by atoms with E-state index in [4.69, 9.17) is 14.2 Å². The van der Waals surface area contributed by atoms with Crippen molar-refractivity contribution in [3.63, 3.8) is 0 Å². The molecule has 6 nitrogen and oxygen atoms in total. The van der Waals surface area contributed by atoms with Gasteiger partial charge in [0.2, 0.25) is 0 Å². The highest BCUT2D eigenvalue weighted by Crippen LogP contribution is 2.22. The Morgan fingerprint density at radius 1 is 0.923 bits per heavy atom. The quantitative estimate of drug-likeness (QED) is 0.736. The summed E-state index contributed by atoms with van der Waals surface area (Å²) in [5.41, 5.74) is 2.48. The third-order valence-electron chi connectivity index (χ3n) is 3.84. The normalized spacial score (nSPS) is 10.1. The average molecular weight is 357 g/mol. The number of hydrogen-bond acceptors (Lipinski definition) is 5. The van der Waals surface area contributed by atoms with E-state index in [1.165, 1.54) is 31.9 Å². The SMILES string of the molecule is CCc1ccc(CNC(=O)COC(=O)c2cc(OC)cc(OC)c2)cc1. The summed E-state index contributed by atoms with van der Waals surface area (Å²) in [5, 5.41) is 2.72. The molecule has 0 fully saturated rings. The minimum Gasteiger partial charge on any atom is -0.497 e. The summed E-state index contributed by atoms with van der Waals surface area (Å²) in [7, 11) is 2.98. The molecule has 0 aliphatic carbocycles. The number of esters is 1. The van der Waals surface area contributed by atoms with Crippen LogP contribution in [0.5, 0.6) is 11.5 Å². The predicted octanol–water partition coefficient (Wildman–Crippen LogP) is 2.74. The van der Waals surface area contributed by atoms with Crippen LogP contribution in [0.25, 0.3) is 0 Å². The molecule has 0 aromatic heterocycles. The van der Waals surface area contributed by atoms with Gasteiger partial charge in [-0.1, -0.05) is 31.2 Å². The summed E-state index contributed by atoms with van der Waals surface area (Å²) >= 11 is 0. The maximum Gasteiger partial charge on any atom is 0.338 e. The van der Waals surface area contributed by atoms with Crippen LogP contribution in [-0.4, -0.2) is 32.7 Å². The number of nitrogens with one attached hydrogen (secondary N) is 1. The Balaban J connectivity index is 1.85. The standard InChI is InChI=1S/C20H23NO5/c1-4-14-5-7-15(8-6-14)12-21-19(22)13-26-20(23)16-9-17(24-2)11-18(10-16)25-3/h5-11H,4,12-13H2,1-3H3,(H,21,22). The molecule has 0 bridgehead atoms. The van der Waals surface area contributed by atoms with Crippen LogP contribution in [0.2, 0.25) is 0 Å². The van der Waals surface area contributed by atoms with Gasteiger partial charge in [-0.05, 0) is 29.7 Å². The minimum atomic E-state index is -0.621. The van der Waals surface area contributed by atoms with Crippen molar-refractivity contribution in [2.75, 3.05) is 20.8 Å². The summed E-state index contributed by atoms with van der Waals surface area (Å²) in [6.45, 7) is 2.11. The molecule has 1 N–H and O–H groups in total. The molecule has 0 atom stereocenters. The van der Waals surface area contributed by atoms with E-state index in [-0.39, 0.29) is 18.1 Å². The van der Waals surface area contributed by atoms with Crippen molar-refractivity contribution in [1.82, 2.24) is 5.32 Å². The molecule has 0 saturated heterocycles. The van der Waals surface area contributed by atoms with Gasteiger partial charge in [-0.15, -0.1) is 0 Å². The Morgan fingerprint density at radius 2 is 1.50 bits per heavy atom. The van der Waals surface area contributed by atoms with Gasteiger partial charge in [0.15, 0.2) is 6.61 Å². The Hall–Kier alpha value is -3.02. The van der Waals surface area contributed by atoms with Crippen molar-refractivity contribution >= 4 is 11.9 Å². The highest BCUT2D eigenvalue weighted by Gasteiger charge is 2.13. The lowest BCUT2D eigenvalue weighted by atomic mass is 10.1. The maximum atomic E-state index is 12.1. The van der Waals surface area contributed by atoms with Gasteiger partial charge < -0.3 is 19.5 Å². The first-order valence-corrected chi connectivity index (χ1v) is 8.30. The molecule has 0 radical (unpaired) electrons. The van der Waals surface area contributed by atoms with Gasteiger partial charge in [0, 0.05) is 12.6 Å². The number of carbonyl (C=O) groups is 2. The van der Waals surface area contributed by atoms with Crippen molar-refractivity contribution in [2.24, 2.45) is 0 Å². The fourth-order valence-electron chi connectivity index (χ4n) is 2.28. The van der Waals surface area contributed by atoms with Crippen LogP contribution in [0.15, 0.2) is 42.5 Å². The zero-order valence-electron chi connectivity index (χ0n) is 15.2. The van der Waals surface area contributed by atoms with E-state index in [9.17, 15) is 9.59 Å². The topological polar surface area (TPSA) is 73.9 Å². The number of hydrogen-bond donors (Lipinski definition) is 1. The first-order chi connectivity index (χ1) is 12.5. The van der Waals surface area contributed by atoms with Crippen LogP contribution in [0.3, 0.4) is 0 Å². The van der Waals surface area contributed by atoms with Gasteiger partial charge in [-0.2, -0.15) is 0 Å². The number of benzene rings is 2. The molecule has 26 heavy (non-hydrogen) atoms. The monoisotopic (exact) mass is 357 g/mol. The number of carbonyl (C=O) groups excluding carboxylic acids is 2. The lowest BCUT2D eigenvalue weighted by Crippen LogP contribution is -2.28. The van der Waals surface area contributed by atoms with Gasteiger partial charge in [-0.25, -0.2) is 4.79 Å². The molecule has 1 amide bonds. The Kier molecular flexibility index (Phi) is 7.02. The molecule has 0 heterocycles. The summed E-state index contributed by atoms with van der Waals surface area (Å²) in [5.74, 6) is -0.0509. The Labute approximate surface area is 153 Å². The highest BCUT2D eigenvalue weighted by molar-refractivity contribution is 5.92. The molecule has 2 rings (SSSR count). The van der Waals surface area contributed by atoms with E-state index in [0.717, 1.165) is 12.0 Å². The second kappa shape index (κ2) is 9.46. The van der Waals surface area contributed by atoms with Gasteiger partial charge in [0.1, 0.15) is 11.5 Å². The summed E-state index contributed by atoms with van der Waals surface area (Å²) in [6.07, 6.45) is 0.970. The van der Waals surface area contributed by atoms with E-state index in [1.54, 1.807) is 6.07 Å². The Bertz CT molecular complexity index is 733. The van der Waals surface area contributed by atoms with Crippen molar-refractivity contribution < 1.29 is 23.8 Å². The molecule has 2 aromatic carbocycles. The van der Waals surface area contributed by atoms with Gasteiger partial charge >= 0.3 is 5.97 Å². The lowest BCUT2D eigenvalue weighted by molar-refractivity contribution is -0.124. The second-order valence-electron chi connectivity index (χ2n) is 5.62. The van der Waals surface area contributed by atoms with Crippen LogP contribution in [0.4, 0.5) is 0 Å². The molecule has 0 aliphatic rings. The molecular formula is C20H23NO5. The van der Waals surface area contributed by atoms with Crippen molar-refractivity contribution in [1.29, 1.82) is 0 Å². The molecule has 0 unspecified atom stereocenters. The van der Waals surface area contributed by atoms with Gasteiger partial charge in [0.05, 0.1) is 19.8 Å². The summed E-state index contributed by atoms with van der Waals surface area (Å²) in [6, 6.07) is 12.7. The van der Waals surface area contributed by atoms with Crippen molar-refractivity contribution in [2.45, 2.75) is 19.9 Å². The molecule has 6 heteroatoms. The molecule has 138 valence electrons. The number of amides is 1. The van der Waals surface area contributed by atoms with Gasteiger partial charge in [-0.3, -0.25) is 4.79 Å². The first-order valence-electron chi connectivity index (χ1n) is 8.30. The van der Waals surface area contributed by atoms with Gasteiger partial charge in [0.25, 0.3) is 5.91 Å². The van der Waals surface area contributed by atoms with Crippen LogP contribution < -0.4 is 14.8 Å². The van der Waals surface area contributed by atoms with Crippen molar-refractivity contribution in [3.8, 4) is 11.5 Å². The molecular weight excluding hydrogens is 334 g/mol. The van der Waals surface area contributed by atoms with Crippen LogP contribution >= 0.6 is 0 Å². The average Bonchev–Trinajstić information content (AvgIpc) is 2.70. The van der Waals surface area contributed by atoms with E-state index in [0.29, 0.717) is 18.0 Å². The van der Waals surface area contributed by atoms with Crippen molar-refractivity contribution in [3.05, 3.63) is 59.2 Å². The largest absolute Gasteiger partial charge is 0.497 e. The number of ether oxygens (including phenoxy) is 3. The van der Waals surface area contributed by atoms with E-state index >= 15 is 0 Å². The van der Waals surface area contributed by atoms with Crippen LogP contribution in [0.1, 0.15) is 28.4 Å². The number of methoxy groups -OCH3 is 2. The highest BCUT2D eigenvalue weighted by atomic mass is 16.5. The smallest absolute Gasteiger partial charge is 0.338 e. The Morgan fingerprint density at radius 3 is 2.04 bits per heavy atom. The van der Waals surface area contributed by atoms with Crippen LogP contribution in [-0.2, 0) is 22.5 Å². The summed E-state index contributed by atoms with van der Waals surface area (Å²) in [4.78, 5) is 24.0. The fraction of sp³-hybridized carbons (Fsp3) is 0.300. The van der Waals surface area contributed by atoms with E-state index in [2.05, 4.69) is 12.2 Å². The number of rotatable bonds is 8. The molecule has 0 spiro atoms.